The summed E-state index contributed by atoms with van der Waals surface area (Å²) in [6.07, 6.45) is 0.856. The number of rotatable bonds is 5. The average molecular weight is 253 g/mol. The van der Waals surface area contributed by atoms with Crippen molar-refractivity contribution in [3.8, 4) is 0 Å². The second-order valence-electron chi connectivity index (χ2n) is 4.12. The molecule has 7 heteroatoms. The molecule has 1 aromatic rings. The van der Waals surface area contributed by atoms with Crippen LogP contribution in [-0.4, -0.2) is 47.0 Å². The third kappa shape index (κ3) is 3.22. The lowest BCUT2D eigenvalue weighted by atomic mass is 10.3. The van der Waals surface area contributed by atoms with Crippen molar-refractivity contribution in [1.82, 2.24) is 20.4 Å². The molecule has 0 saturated heterocycles. The highest BCUT2D eigenvalue weighted by molar-refractivity contribution is 5.99. The molecule has 0 atom stereocenters. The van der Waals surface area contributed by atoms with E-state index in [1.807, 2.05) is 6.92 Å². The van der Waals surface area contributed by atoms with Gasteiger partial charge >= 0.3 is 0 Å². The standard InChI is InChI=1S/C11H19N5O2/c1-4-5-13-8(17)6-16(3)11(18)10-9(12)7(2)14-15-10/h4-6,12H2,1-3H3,(H,13,17)(H,14,15). The van der Waals surface area contributed by atoms with Crippen LogP contribution in [0.3, 0.4) is 0 Å². The van der Waals surface area contributed by atoms with Crippen LogP contribution in [-0.2, 0) is 4.79 Å². The molecule has 0 aromatic carbocycles. The van der Waals surface area contributed by atoms with Crippen molar-refractivity contribution in [2.75, 3.05) is 25.9 Å². The van der Waals surface area contributed by atoms with Crippen molar-refractivity contribution >= 4 is 17.5 Å². The van der Waals surface area contributed by atoms with Crippen LogP contribution in [0.5, 0.6) is 0 Å². The van der Waals surface area contributed by atoms with Crippen LogP contribution in [0.4, 0.5) is 5.69 Å². The summed E-state index contributed by atoms with van der Waals surface area (Å²) in [7, 11) is 1.54. The van der Waals surface area contributed by atoms with E-state index < -0.39 is 0 Å². The van der Waals surface area contributed by atoms with Crippen molar-refractivity contribution in [3.63, 3.8) is 0 Å². The van der Waals surface area contributed by atoms with Gasteiger partial charge in [-0.2, -0.15) is 5.10 Å². The number of aromatic nitrogens is 2. The van der Waals surface area contributed by atoms with E-state index in [0.717, 1.165) is 6.42 Å². The summed E-state index contributed by atoms with van der Waals surface area (Å²) in [5, 5.41) is 9.17. The number of carbonyl (C=O) groups is 2. The lowest BCUT2D eigenvalue weighted by molar-refractivity contribution is -0.121. The number of nitrogen functional groups attached to an aromatic ring is 1. The van der Waals surface area contributed by atoms with E-state index in [4.69, 9.17) is 5.73 Å². The van der Waals surface area contributed by atoms with Crippen LogP contribution >= 0.6 is 0 Å². The highest BCUT2D eigenvalue weighted by Crippen LogP contribution is 2.13. The maximum atomic E-state index is 12.0. The maximum absolute atomic E-state index is 12.0. The van der Waals surface area contributed by atoms with Gasteiger partial charge in [-0.25, -0.2) is 0 Å². The van der Waals surface area contributed by atoms with Gasteiger partial charge in [-0.05, 0) is 13.3 Å². The fourth-order valence-corrected chi connectivity index (χ4v) is 1.39. The fourth-order valence-electron chi connectivity index (χ4n) is 1.39. The molecule has 7 nitrogen and oxygen atoms in total. The first-order chi connectivity index (χ1) is 8.47. The number of hydrogen-bond acceptors (Lipinski definition) is 4. The fraction of sp³-hybridized carbons (Fsp3) is 0.545. The number of amides is 2. The molecule has 1 rings (SSSR count). The van der Waals surface area contributed by atoms with Crippen LogP contribution < -0.4 is 11.1 Å². The zero-order valence-electron chi connectivity index (χ0n) is 10.9. The van der Waals surface area contributed by atoms with Gasteiger partial charge in [0.25, 0.3) is 5.91 Å². The molecule has 0 unspecified atom stereocenters. The Morgan fingerprint density at radius 2 is 2.17 bits per heavy atom. The Hall–Kier alpha value is -2.05. The molecule has 1 aromatic heterocycles. The third-order valence-corrected chi connectivity index (χ3v) is 2.50. The molecule has 0 spiro atoms. The molecule has 0 fully saturated rings. The van der Waals surface area contributed by atoms with Gasteiger partial charge in [0, 0.05) is 13.6 Å². The molecular formula is C11H19N5O2. The van der Waals surface area contributed by atoms with Crippen LogP contribution in [0.2, 0.25) is 0 Å². The van der Waals surface area contributed by atoms with Crippen molar-refractivity contribution < 1.29 is 9.59 Å². The molecule has 0 aliphatic heterocycles. The minimum Gasteiger partial charge on any atom is -0.395 e. The Morgan fingerprint density at radius 3 is 2.67 bits per heavy atom. The summed E-state index contributed by atoms with van der Waals surface area (Å²) in [4.78, 5) is 24.7. The summed E-state index contributed by atoms with van der Waals surface area (Å²) < 4.78 is 0. The second-order valence-corrected chi connectivity index (χ2v) is 4.12. The van der Waals surface area contributed by atoms with Gasteiger partial charge in [-0.15, -0.1) is 0 Å². The van der Waals surface area contributed by atoms with E-state index in [0.29, 0.717) is 17.9 Å². The van der Waals surface area contributed by atoms with Crippen LogP contribution in [0.25, 0.3) is 0 Å². The predicted octanol–water partition coefficient (Wildman–Crippen LogP) is -0.101. The minimum absolute atomic E-state index is 0.00974. The van der Waals surface area contributed by atoms with E-state index in [2.05, 4.69) is 15.5 Å². The topological polar surface area (TPSA) is 104 Å². The first-order valence-electron chi connectivity index (χ1n) is 5.80. The SMILES string of the molecule is CCCNC(=O)CN(C)C(=O)c1n[nH]c(C)c1N. The van der Waals surface area contributed by atoms with Gasteiger partial charge in [0.2, 0.25) is 5.91 Å². The van der Waals surface area contributed by atoms with Gasteiger partial charge in [0.15, 0.2) is 5.69 Å². The lowest BCUT2D eigenvalue weighted by Gasteiger charge is -2.15. The smallest absolute Gasteiger partial charge is 0.276 e. The summed E-state index contributed by atoms with van der Waals surface area (Å²) in [6, 6.07) is 0. The monoisotopic (exact) mass is 253 g/mol. The number of carbonyl (C=O) groups excluding carboxylic acids is 2. The van der Waals surface area contributed by atoms with E-state index in [-0.39, 0.29) is 24.1 Å². The van der Waals surface area contributed by atoms with Crippen molar-refractivity contribution in [3.05, 3.63) is 11.4 Å². The Labute approximate surface area is 106 Å². The molecule has 1 heterocycles. The molecule has 0 aliphatic carbocycles. The largest absolute Gasteiger partial charge is 0.395 e. The summed E-state index contributed by atoms with van der Waals surface area (Å²) >= 11 is 0. The molecule has 0 aliphatic rings. The molecular weight excluding hydrogens is 234 g/mol. The van der Waals surface area contributed by atoms with E-state index in [9.17, 15) is 9.59 Å². The first-order valence-corrected chi connectivity index (χ1v) is 5.80. The Kier molecular flexibility index (Phi) is 4.70. The van der Waals surface area contributed by atoms with Gasteiger partial charge in [-0.1, -0.05) is 6.92 Å². The highest BCUT2D eigenvalue weighted by atomic mass is 16.2. The maximum Gasteiger partial charge on any atom is 0.276 e. The zero-order valence-corrected chi connectivity index (χ0v) is 10.9. The number of likely N-dealkylation sites (N-methyl/N-ethyl adjacent to an activating group) is 1. The lowest BCUT2D eigenvalue weighted by Crippen LogP contribution is -2.38. The predicted molar refractivity (Wildman–Crippen MR) is 68.0 cm³/mol. The van der Waals surface area contributed by atoms with Gasteiger partial charge < -0.3 is 16.0 Å². The molecule has 0 bridgehead atoms. The number of nitrogens with zero attached hydrogens (tertiary/aromatic N) is 2. The van der Waals surface area contributed by atoms with Crippen molar-refractivity contribution in [1.29, 1.82) is 0 Å². The Balaban J connectivity index is 2.62. The first kappa shape index (κ1) is 14.0. The van der Waals surface area contributed by atoms with Gasteiger partial charge in [0.1, 0.15) is 0 Å². The molecule has 0 saturated carbocycles. The van der Waals surface area contributed by atoms with E-state index in [1.54, 1.807) is 6.92 Å². The number of aromatic amines is 1. The number of nitrogens with two attached hydrogens (primary N) is 1. The Bertz CT molecular complexity index is 441. The van der Waals surface area contributed by atoms with Crippen LogP contribution in [0, 0.1) is 6.92 Å². The summed E-state index contributed by atoms with van der Waals surface area (Å²) in [5.74, 6) is -0.568. The third-order valence-electron chi connectivity index (χ3n) is 2.50. The molecule has 100 valence electrons. The number of aryl methyl sites for hydroxylation is 1. The second kappa shape index (κ2) is 6.04. The van der Waals surface area contributed by atoms with E-state index in [1.165, 1.54) is 11.9 Å². The molecule has 2 amide bonds. The molecule has 0 radical (unpaired) electrons. The zero-order chi connectivity index (χ0) is 13.7. The van der Waals surface area contributed by atoms with Gasteiger partial charge in [0.05, 0.1) is 17.9 Å². The Morgan fingerprint density at radius 1 is 1.50 bits per heavy atom. The van der Waals surface area contributed by atoms with Crippen molar-refractivity contribution in [2.24, 2.45) is 0 Å². The number of hydrogen-bond donors (Lipinski definition) is 3. The normalized spacial score (nSPS) is 10.2. The number of anilines is 1. The number of H-pyrrole nitrogens is 1. The quantitative estimate of drug-likeness (QED) is 0.681. The van der Waals surface area contributed by atoms with Crippen molar-refractivity contribution in [2.45, 2.75) is 20.3 Å². The van der Waals surface area contributed by atoms with Crippen LogP contribution in [0.15, 0.2) is 0 Å². The van der Waals surface area contributed by atoms with E-state index >= 15 is 0 Å². The van der Waals surface area contributed by atoms with Gasteiger partial charge in [-0.3, -0.25) is 14.7 Å². The highest BCUT2D eigenvalue weighted by Gasteiger charge is 2.20. The molecule has 4 N–H and O–H groups in total. The molecule has 18 heavy (non-hydrogen) atoms. The van der Waals surface area contributed by atoms with Crippen LogP contribution in [0.1, 0.15) is 29.5 Å². The summed E-state index contributed by atoms with van der Waals surface area (Å²) in [6.45, 7) is 4.28. The average Bonchev–Trinajstić information content (AvgIpc) is 2.66. The minimum atomic E-state index is -0.372. The number of nitrogens with one attached hydrogen (secondary N) is 2. The summed E-state index contributed by atoms with van der Waals surface area (Å²) in [5.41, 5.74) is 6.82.